The van der Waals surface area contributed by atoms with Gasteiger partial charge < -0.3 is 25.0 Å². The fraction of sp³-hybridized carbons (Fsp3) is 0.481. The molecule has 2 aromatic rings. The standard InChI is InChI=1S/C27H34N4O5/c1-3-4-25(32)30-19-5-8-23-21(15-19)27(34)31(2)22-7-6-20(36-24(22)17-35-23)16-26(33)29-14-11-18-9-12-28-13-10-18/h5,8-10,12-13,15,20,22,24H,3-4,6-7,11,14,16-17H2,1-2H3,(H,29,33)(H,30,32)/t20-,22-,24+/m0/s1. The smallest absolute Gasteiger partial charge is 0.257 e. The minimum Gasteiger partial charge on any atom is -0.490 e. The van der Waals surface area contributed by atoms with Crippen molar-refractivity contribution >= 4 is 23.4 Å². The molecule has 1 aromatic heterocycles. The van der Waals surface area contributed by atoms with Gasteiger partial charge in [0.15, 0.2) is 0 Å². The third-order valence-electron chi connectivity index (χ3n) is 6.67. The first-order valence-electron chi connectivity index (χ1n) is 12.6. The van der Waals surface area contributed by atoms with E-state index in [4.69, 9.17) is 9.47 Å². The lowest BCUT2D eigenvalue weighted by Gasteiger charge is -2.42. The molecule has 0 radical (unpaired) electrons. The van der Waals surface area contributed by atoms with Gasteiger partial charge in [-0.2, -0.15) is 0 Å². The van der Waals surface area contributed by atoms with Crippen LogP contribution in [0.25, 0.3) is 0 Å². The summed E-state index contributed by atoms with van der Waals surface area (Å²) in [7, 11) is 1.77. The quantitative estimate of drug-likeness (QED) is 0.584. The zero-order chi connectivity index (χ0) is 25.5. The average molecular weight is 495 g/mol. The van der Waals surface area contributed by atoms with Crippen molar-refractivity contribution in [2.24, 2.45) is 0 Å². The third kappa shape index (κ3) is 6.40. The van der Waals surface area contributed by atoms with Crippen LogP contribution in [0.4, 0.5) is 5.69 Å². The SMILES string of the molecule is CCCC(=O)Nc1ccc2c(c1)C(=O)N(C)[C@H]1CC[C@@H](CC(=O)NCCc3ccncc3)O[C@@H]1CO2. The molecule has 2 aliphatic heterocycles. The number of likely N-dealkylation sites (N-methyl/N-ethyl adjacent to an activating group) is 1. The number of carbonyl (C=O) groups is 3. The number of hydrogen-bond acceptors (Lipinski definition) is 6. The zero-order valence-electron chi connectivity index (χ0n) is 20.9. The second-order valence-corrected chi connectivity index (χ2v) is 9.34. The summed E-state index contributed by atoms with van der Waals surface area (Å²) in [6, 6.07) is 8.83. The van der Waals surface area contributed by atoms with Crippen LogP contribution >= 0.6 is 0 Å². The van der Waals surface area contributed by atoms with Crippen molar-refractivity contribution in [1.82, 2.24) is 15.2 Å². The molecule has 0 bridgehead atoms. The highest BCUT2D eigenvalue weighted by Gasteiger charge is 2.39. The number of rotatable bonds is 8. The summed E-state index contributed by atoms with van der Waals surface area (Å²) in [5, 5.41) is 5.80. The Morgan fingerprint density at radius 1 is 1.14 bits per heavy atom. The van der Waals surface area contributed by atoms with Crippen molar-refractivity contribution < 1.29 is 23.9 Å². The molecule has 0 saturated carbocycles. The van der Waals surface area contributed by atoms with Gasteiger partial charge in [0.25, 0.3) is 5.91 Å². The number of hydrogen-bond donors (Lipinski definition) is 2. The van der Waals surface area contributed by atoms with Crippen LogP contribution in [-0.2, 0) is 20.7 Å². The molecule has 1 aromatic carbocycles. The highest BCUT2D eigenvalue weighted by molar-refractivity contribution is 5.99. The van der Waals surface area contributed by atoms with Crippen molar-refractivity contribution in [2.75, 3.05) is 25.5 Å². The van der Waals surface area contributed by atoms with E-state index in [0.717, 1.165) is 18.4 Å². The molecule has 0 spiro atoms. The maximum atomic E-state index is 13.3. The van der Waals surface area contributed by atoms with E-state index < -0.39 is 0 Å². The van der Waals surface area contributed by atoms with Gasteiger partial charge in [-0.3, -0.25) is 19.4 Å². The summed E-state index contributed by atoms with van der Waals surface area (Å²) in [6.07, 6.45) is 6.50. The lowest BCUT2D eigenvalue weighted by Crippen LogP contribution is -2.54. The Morgan fingerprint density at radius 2 is 1.94 bits per heavy atom. The number of benzene rings is 1. The van der Waals surface area contributed by atoms with Crippen LogP contribution in [0.15, 0.2) is 42.7 Å². The summed E-state index contributed by atoms with van der Waals surface area (Å²) in [4.78, 5) is 43.5. The molecule has 2 aliphatic rings. The molecular formula is C27H34N4O5. The van der Waals surface area contributed by atoms with Crippen LogP contribution in [0.1, 0.15) is 54.9 Å². The average Bonchev–Trinajstić information content (AvgIpc) is 2.87. The lowest BCUT2D eigenvalue weighted by atomic mass is 9.94. The van der Waals surface area contributed by atoms with Crippen LogP contribution in [0, 0.1) is 0 Å². The van der Waals surface area contributed by atoms with E-state index in [1.54, 1.807) is 42.5 Å². The third-order valence-corrected chi connectivity index (χ3v) is 6.67. The highest BCUT2D eigenvalue weighted by atomic mass is 16.5. The van der Waals surface area contributed by atoms with Gasteiger partial charge in [0.2, 0.25) is 11.8 Å². The predicted octanol–water partition coefficient (Wildman–Crippen LogP) is 2.95. The van der Waals surface area contributed by atoms with Gasteiger partial charge in [-0.05, 0) is 61.6 Å². The molecule has 36 heavy (non-hydrogen) atoms. The van der Waals surface area contributed by atoms with Crippen molar-refractivity contribution in [1.29, 1.82) is 0 Å². The van der Waals surface area contributed by atoms with Gasteiger partial charge in [0.1, 0.15) is 18.5 Å². The van der Waals surface area contributed by atoms with E-state index in [-0.39, 0.29) is 49.0 Å². The molecule has 4 rings (SSSR count). The summed E-state index contributed by atoms with van der Waals surface area (Å²) < 4.78 is 12.3. The first-order chi connectivity index (χ1) is 17.4. The number of amides is 3. The van der Waals surface area contributed by atoms with Crippen molar-refractivity contribution in [3.05, 3.63) is 53.9 Å². The Kier molecular flexibility index (Phi) is 8.53. The molecule has 192 valence electrons. The molecule has 3 atom stereocenters. The van der Waals surface area contributed by atoms with E-state index in [2.05, 4.69) is 15.6 Å². The van der Waals surface area contributed by atoms with E-state index in [1.165, 1.54) is 0 Å². The molecule has 1 saturated heterocycles. The number of anilines is 1. The minimum absolute atomic E-state index is 0.0494. The van der Waals surface area contributed by atoms with E-state index in [9.17, 15) is 14.4 Å². The molecule has 0 unspecified atom stereocenters. The van der Waals surface area contributed by atoms with Crippen molar-refractivity contribution in [3.8, 4) is 5.75 Å². The monoisotopic (exact) mass is 494 g/mol. The van der Waals surface area contributed by atoms with E-state index >= 15 is 0 Å². The van der Waals surface area contributed by atoms with Gasteiger partial charge in [0.05, 0.1) is 24.1 Å². The normalized spacial score (nSPS) is 21.3. The van der Waals surface area contributed by atoms with Crippen molar-refractivity contribution in [3.63, 3.8) is 0 Å². The van der Waals surface area contributed by atoms with Crippen LogP contribution in [0.5, 0.6) is 5.75 Å². The van der Waals surface area contributed by atoms with Gasteiger partial charge >= 0.3 is 0 Å². The number of aromatic nitrogens is 1. The van der Waals surface area contributed by atoms with Crippen molar-refractivity contribution in [2.45, 2.75) is 63.7 Å². The fourth-order valence-electron chi connectivity index (χ4n) is 4.73. The molecule has 0 aliphatic carbocycles. The molecular weight excluding hydrogens is 460 g/mol. The highest BCUT2D eigenvalue weighted by Crippen LogP contribution is 2.32. The summed E-state index contributed by atoms with van der Waals surface area (Å²) >= 11 is 0. The Morgan fingerprint density at radius 3 is 2.72 bits per heavy atom. The number of ether oxygens (including phenoxy) is 2. The Labute approximate surface area is 211 Å². The Hall–Kier alpha value is -3.46. The summed E-state index contributed by atoms with van der Waals surface area (Å²) in [5.41, 5.74) is 2.11. The Bertz CT molecular complexity index is 1080. The molecule has 9 nitrogen and oxygen atoms in total. The van der Waals surface area contributed by atoms with Gasteiger partial charge in [0, 0.05) is 38.1 Å². The summed E-state index contributed by atoms with van der Waals surface area (Å²) in [5.74, 6) is 0.144. The van der Waals surface area contributed by atoms with Crippen LogP contribution < -0.4 is 15.4 Å². The number of nitrogens with zero attached hydrogens (tertiary/aromatic N) is 2. The van der Waals surface area contributed by atoms with Gasteiger partial charge in [-0.15, -0.1) is 0 Å². The van der Waals surface area contributed by atoms with Gasteiger partial charge in [-0.1, -0.05) is 6.92 Å². The number of pyridine rings is 1. The largest absolute Gasteiger partial charge is 0.490 e. The second-order valence-electron chi connectivity index (χ2n) is 9.34. The first-order valence-corrected chi connectivity index (χ1v) is 12.6. The number of nitrogens with one attached hydrogen (secondary N) is 2. The van der Waals surface area contributed by atoms with Crippen LogP contribution in [-0.4, -0.2) is 66.1 Å². The molecule has 2 N–H and O–H groups in total. The predicted molar refractivity (Wildman–Crippen MR) is 135 cm³/mol. The Balaban J connectivity index is 1.34. The van der Waals surface area contributed by atoms with E-state index in [1.807, 2.05) is 19.1 Å². The maximum absolute atomic E-state index is 13.3. The molecule has 3 amide bonds. The van der Waals surface area contributed by atoms with Crippen LogP contribution in [0.2, 0.25) is 0 Å². The van der Waals surface area contributed by atoms with Crippen LogP contribution in [0.3, 0.4) is 0 Å². The zero-order valence-corrected chi connectivity index (χ0v) is 20.9. The molecule has 1 fully saturated rings. The number of carbonyl (C=O) groups excluding carboxylic acids is 3. The summed E-state index contributed by atoms with van der Waals surface area (Å²) in [6.45, 7) is 2.77. The van der Waals surface area contributed by atoms with E-state index in [0.29, 0.717) is 42.8 Å². The fourth-order valence-corrected chi connectivity index (χ4v) is 4.73. The minimum atomic E-state index is -0.334. The number of fused-ring (bicyclic) bond motifs is 2. The topological polar surface area (TPSA) is 110 Å². The molecule has 3 heterocycles. The second kappa shape index (κ2) is 12.0. The lowest BCUT2D eigenvalue weighted by molar-refractivity contribution is -0.134. The first kappa shape index (κ1) is 25.6. The molecule has 9 heteroatoms. The van der Waals surface area contributed by atoms with Gasteiger partial charge in [-0.25, -0.2) is 0 Å². The maximum Gasteiger partial charge on any atom is 0.257 e.